The molecule has 0 bridgehead atoms. The minimum Gasteiger partial charge on any atom is -0.343 e. The molecule has 3 aromatic rings. The van der Waals surface area contributed by atoms with Crippen molar-refractivity contribution in [2.45, 2.75) is 38.8 Å². The second-order valence-electron chi connectivity index (χ2n) is 7.35. The monoisotopic (exact) mass is 348 g/mol. The average molecular weight is 348 g/mol. The smallest absolute Gasteiger partial charge is 0.251 e. The first-order chi connectivity index (χ1) is 12.4. The van der Waals surface area contributed by atoms with Gasteiger partial charge in [0.15, 0.2) is 0 Å². The third-order valence-corrected chi connectivity index (χ3v) is 4.33. The summed E-state index contributed by atoms with van der Waals surface area (Å²) in [5.41, 5.74) is 2.93. The lowest BCUT2D eigenvalue weighted by molar-refractivity contribution is 0.0930. The predicted molar refractivity (Wildman–Crippen MR) is 102 cm³/mol. The molecule has 1 unspecified atom stereocenters. The summed E-state index contributed by atoms with van der Waals surface area (Å²) in [6.45, 7) is 6.95. The summed E-state index contributed by atoms with van der Waals surface area (Å²) in [5.74, 6) is -0.105. The molecule has 0 saturated carbocycles. The van der Waals surface area contributed by atoms with Crippen LogP contribution in [0.3, 0.4) is 0 Å². The Morgan fingerprint density at radius 2 is 1.62 bits per heavy atom. The van der Waals surface area contributed by atoms with Crippen LogP contribution in [0.15, 0.2) is 67.0 Å². The SMILES string of the molecule is CC(C)(C)c1ccc(C(=O)NC(Cn2nccn2)c2ccccc2)cc1. The third kappa shape index (κ3) is 4.36. The van der Waals surface area contributed by atoms with Crippen LogP contribution in [-0.4, -0.2) is 20.9 Å². The van der Waals surface area contributed by atoms with Crippen molar-refractivity contribution in [2.24, 2.45) is 0 Å². The van der Waals surface area contributed by atoms with Gasteiger partial charge in [0.2, 0.25) is 0 Å². The van der Waals surface area contributed by atoms with Crippen LogP contribution in [0.25, 0.3) is 0 Å². The number of hydrogen-bond donors (Lipinski definition) is 1. The summed E-state index contributed by atoms with van der Waals surface area (Å²) in [6, 6.07) is 17.5. The normalized spacial score (nSPS) is 12.6. The molecular weight excluding hydrogens is 324 g/mol. The fraction of sp³-hybridized carbons (Fsp3) is 0.286. The number of aromatic nitrogens is 3. The van der Waals surface area contributed by atoms with E-state index in [0.29, 0.717) is 12.1 Å². The molecule has 0 saturated heterocycles. The summed E-state index contributed by atoms with van der Waals surface area (Å²) < 4.78 is 0. The first-order valence-corrected chi connectivity index (χ1v) is 8.74. The average Bonchev–Trinajstić information content (AvgIpc) is 3.14. The van der Waals surface area contributed by atoms with E-state index in [1.54, 1.807) is 17.2 Å². The zero-order valence-corrected chi connectivity index (χ0v) is 15.4. The summed E-state index contributed by atoms with van der Waals surface area (Å²) in [7, 11) is 0. The van der Waals surface area contributed by atoms with E-state index >= 15 is 0 Å². The highest BCUT2D eigenvalue weighted by Gasteiger charge is 2.18. The lowest BCUT2D eigenvalue weighted by Gasteiger charge is -2.21. The number of benzene rings is 2. The Labute approximate surface area is 154 Å². The van der Waals surface area contributed by atoms with Crippen LogP contribution in [0.4, 0.5) is 0 Å². The van der Waals surface area contributed by atoms with E-state index in [1.165, 1.54) is 5.56 Å². The number of rotatable bonds is 5. The van der Waals surface area contributed by atoms with E-state index in [0.717, 1.165) is 5.56 Å². The fourth-order valence-corrected chi connectivity index (χ4v) is 2.78. The Kier molecular flexibility index (Phi) is 5.16. The van der Waals surface area contributed by atoms with Crippen LogP contribution in [0, 0.1) is 0 Å². The quantitative estimate of drug-likeness (QED) is 0.764. The van der Waals surface area contributed by atoms with Crippen molar-refractivity contribution in [2.75, 3.05) is 0 Å². The summed E-state index contributed by atoms with van der Waals surface area (Å²) in [5, 5.41) is 11.4. The summed E-state index contributed by atoms with van der Waals surface area (Å²) in [4.78, 5) is 14.3. The van der Waals surface area contributed by atoms with Crippen LogP contribution in [0.2, 0.25) is 0 Å². The van der Waals surface area contributed by atoms with Crippen LogP contribution in [0.5, 0.6) is 0 Å². The summed E-state index contributed by atoms with van der Waals surface area (Å²) in [6.07, 6.45) is 3.27. The van der Waals surface area contributed by atoms with Crippen molar-refractivity contribution in [1.29, 1.82) is 0 Å². The Morgan fingerprint density at radius 3 is 2.19 bits per heavy atom. The highest BCUT2D eigenvalue weighted by Crippen LogP contribution is 2.22. The first kappa shape index (κ1) is 17.9. The van der Waals surface area contributed by atoms with E-state index in [9.17, 15) is 4.79 Å². The molecule has 1 amide bonds. The van der Waals surface area contributed by atoms with E-state index < -0.39 is 0 Å². The molecule has 3 rings (SSSR count). The first-order valence-electron chi connectivity index (χ1n) is 8.74. The minimum absolute atomic E-state index is 0.0628. The van der Waals surface area contributed by atoms with Crippen molar-refractivity contribution in [3.05, 3.63) is 83.7 Å². The molecule has 5 heteroatoms. The number of nitrogens with zero attached hydrogens (tertiary/aromatic N) is 3. The highest BCUT2D eigenvalue weighted by molar-refractivity contribution is 5.94. The van der Waals surface area contributed by atoms with Crippen LogP contribution in [0.1, 0.15) is 48.3 Å². The molecule has 0 spiro atoms. The van der Waals surface area contributed by atoms with E-state index in [1.807, 2.05) is 54.6 Å². The fourth-order valence-electron chi connectivity index (χ4n) is 2.78. The molecule has 1 heterocycles. The highest BCUT2D eigenvalue weighted by atomic mass is 16.1. The molecule has 134 valence electrons. The molecule has 1 aromatic heterocycles. The third-order valence-electron chi connectivity index (χ3n) is 4.33. The largest absolute Gasteiger partial charge is 0.343 e. The van der Waals surface area contributed by atoms with Gasteiger partial charge in [-0.05, 0) is 28.7 Å². The predicted octanol–water partition coefficient (Wildman–Crippen LogP) is 3.75. The maximum absolute atomic E-state index is 12.8. The zero-order valence-electron chi connectivity index (χ0n) is 15.4. The lowest BCUT2D eigenvalue weighted by atomic mass is 9.86. The van der Waals surface area contributed by atoms with Crippen molar-refractivity contribution < 1.29 is 4.79 Å². The molecule has 2 aromatic carbocycles. The van der Waals surface area contributed by atoms with Crippen molar-refractivity contribution >= 4 is 5.91 Å². The Morgan fingerprint density at radius 1 is 1.00 bits per heavy atom. The Bertz CT molecular complexity index is 834. The topological polar surface area (TPSA) is 59.8 Å². The van der Waals surface area contributed by atoms with E-state index in [2.05, 4.69) is 36.3 Å². The van der Waals surface area contributed by atoms with Gasteiger partial charge in [-0.1, -0.05) is 63.2 Å². The van der Waals surface area contributed by atoms with Gasteiger partial charge in [-0.15, -0.1) is 0 Å². The van der Waals surface area contributed by atoms with Crippen LogP contribution in [-0.2, 0) is 12.0 Å². The molecule has 0 aliphatic carbocycles. The molecule has 26 heavy (non-hydrogen) atoms. The van der Waals surface area contributed by atoms with Crippen molar-refractivity contribution in [3.63, 3.8) is 0 Å². The van der Waals surface area contributed by atoms with Crippen LogP contribution < -0.4 is 5.32 Å². The molecule has 1 atom stereocenters. The maximum atomic E-state index is 12.8. The molecular formula is C21H24N4O. The lowest BCUT2D eigenvalue weighted by Crippen LogP contribution is -2.32. The second-order valence-corrected chi connectivity index (χ2v) is 7.35. The van der Waals surface area contributed by atoms with Gasteiger partial charge >= 0.3 is 0 Å². The molecule has 0 aliphatic heterocycles. The van der Waals surface area contributed by atoms with Gasteiger partial charge in [-0.25, -0.2) is 0 Å². The number of amides is 1. The number of hydrogen-bond acceptors (Lipinski definition) is 3. The maximum Gasteiger partial charge on any atom is 0.251 e. The van der Waals surface area contributed by atoms with Gasteiger partial charge in [0.25, 0.3) is 5.91 Å². The van der Waals surface area contributed by atoms with E-state index in [4.69, 9.17) is 0 Å². The van der Waals surface area contributed by atoms with E-state index in [-0.39, 0.29) is 17.4 Å². The standard InChI is InChI=1S/C21H24N4O/c1-21(2,3)18-11-9-17(10-12-18)20(26)24-19(15-25-22-13-14-23-25)16-7-5-4-6-8-16/h4-14,19H,15H2,1-3H3,(H,24,26). The van der Waals surface area contributed by atoms with Crippen molar-refractivity contribution in [3.8, 4) is 0 Å². The number of carbonyl (C=O) groups is 1. The van der Waals surface area contributed by atoms with Crippen LogP contribution >= 0.6 is 0 Å². The molecule has 0 radical (unpaired) electrons. The molecule has 0 fully saturated rings. The molecule has 5 nitrogen and oxygen atoms in total. The molecule has 0 aliphatic rings. The van der Waals surface area contributed by atoms with Gasteiger partial charge in [0.05, 0.1) is 25.0 Å². The number of nitrogens with one attached hydrogen (secondary N) is 1. The Balaban J connectivity index is 1.78. The van der Waals surface area contributed by atoms with Crippen molar-refractivity contribution in [1.82, 2.24) is 20.3 Å². The van der Waals surface area contributed by atoms with Gasteiger partial charge in [-0.2, -0.15) is 15.0 Å². The summed E-state index contributed by atoms with van der Waals surface area (Å²) >= 11 is 0. The van der Waals surface area contributed by atoms with Gasteiger partial charge in [0.1, 0.15) is 0 Å². The van der Waals surface area contributed by atoms with Gasteiger partial charge in [-0.3, -0.25) is 4.79 Å². The number of carbonyl (C=O) groups excluding carboxylic acids is 1. The minimum atomic E-state index is -0.210. The second kappa shape index (κ2) is 7.52. The Hall–Kier alpha value is -2.95. The molecule has 1 N–H and O–H groups in total. The van der Waals surface area contributed by atoms with Gasteiger partial charge in [0, 0.05) is 5.56 Å². The zero-order chi connectivity index (χ0) is 18.6. The van der Waals surface area contributed by atoms with Gasteiger partial charge < -0.3 is 5.32 Å².